The van der Waals surface area contributed by atoms with Gasteiger partial charge in [-0.05, 0) is 35.6 Å². The van der Waals surface area contributed by atoms with Crippen molar-refractivity contribution >= 4 is 17.2 Å². The second-order valence-electron chi connectivity index (χ2n) is 7.77. The van der Waals surface area contributed by atoms with E-state index in [1.165, 1.54) is 33.3 Å². The van der Waals surface area contributed by atoms with E-state index in [9.17, 15) is 18.0 Å². The number of carbonyl (C=O) groups excluding carboxylic acids is 1. The number of carbonyl (C=O) groups is 1. The summed E-state index contributed by atoms with van der Waals surface area (Å²) in [5.74, 6) is -0.0251. The molecule has 0 atom stereocenters. The number of thiophene rings is 1. The molecular formula is C22H23F3N4OS. The van der Waals surface area contributed by atoms with Crippen LogP contribution in [0.1, 0.15) is 32.1 Å². The van der Waals surface area contributed by atoms with Crippen molar-refractivity contribution in [1.29, 1.82) is 0 Å². The fourth-order valence-electron chi connectivity index (χ4n) is 3.69. The number of aromatic nitrogens is 2. The van der Waals surface area contributed by atoms with Gasteiger partial charge in [0.05, 0.1) is 11.4 Å². The standard InChI is InChI=1S/C22H23F3N4OS/c1-16-3-2-4-17(11-16)13-27-7-9-28(10-8-27)21(30)19-12-18(15-31-19)14-29-6-5-20(26-29)22(23,24)25/h2-6,11-12,15H,7-10,13-14H2,1H3. The predicted molar refractivity (Wildman–Crippen MR) is 113 cm³/mol. The predicted octanol–water partition coefficient (Wildman–Crippen LogP) is 4.28. The molecule has 0 N–H and O–H groups in total. The van der Waals surface area contributed by atoms with E-state index in [4.69, 9.17) is 0 Å². The number of alkyl halides is 3. The molecule has 0 saturated carbocycles. The Morgan fingerprint density at radius 1 is 1.06 bits per heavy atom. The number of benzene rings is 1. The third-order valence-corrected chi connectivity index (χ3v) is 6.26. The summed E-state index contributed by atoms with van der Waals surface area (Å²) in [5, 5.41) is 5.37. The van der Waals surface area contributed by atoms with E-state index in [-0.39, 0.29) is 12.5 Å². The largest absolute Gasteiger partial charge is 0.435 e. The number of aryl methyl sites for hydroxylation is 1. The van der Waals surface area contributed by atoms with Crippen molar-refractivity contribution in [2.24, 2.45) is 0 Å². The lowest BCUT2D eigenvalue weighted by atomic mass is 10.1. The van der Waals surface area contributed by atoms with E-state index >= 15 is 0 Å². The van der Waals surface area contributed by atoms with E-state index in [0.717, 1.165) is 31.3 Å². The summed E-state index contributed by atoms with van der Waals surface area (Å²) < 4.78 is 39.3. The highest BCUT2D eigenvalue weighted by Crippen LogP contribution is 2.27. The topological polar surface area (TPSA) is 41.4 Å². The van der Waals surface area contributed by atoms with Gasteiger partial charge in [-0.2, -0.15) is 18.3 Å². The van der Waals surface area contributed by atoms with Gasteiger partial charge in [0.25, 0.3) is 5.91 Å². The van der Waals surface area contributed by atoms with Gasteiger partial charge in [0.15, 0.2) is 5.69 Å². The molecule has 9 heteroatoms. The zero-order valence-electron chi connectivity index (χ0n) is 17.1. The van der Waals surface area contributed by atoms with Crippen LogP contribution in [0.3, 0.4) is 0 Å². The van der Waals surface area contributed by atoms with Gasteiger partial charge in [-0.25, -0.2) is 0 Å². The number of amides is 1. The normalized spacial score (nSPS) is 15.4. The minimum atomic E-state index is -4.46. The van der Waals surface area contributed by atoms with E-state index < -0.39 is 11.9 Å². The smallest absolute Gasteiger partial charge is 0.335 e. The lowest BCUT2D eigenvalue weighted by Crippen LogP contribution is -2.48. The van der Waals surface area contributed by atoms with Gasteiger partial charge in [-0.1, -0.05) is 29.8 Å². The third-order valence-electron chi connectivity index (χ3n) is 5.29. The molecule has 1 aromatic carbocycles. The Kier molecular flexibility index (Phi) is 6.15. The molecule has 4 rings (SSSR count). The quantitative estimate of drug-likeness (QED) is 0.585. The highest BCUT2D eigenvalue weighted by Gasteiger charge is 2.33. The average Bonchev–Trinajstić information content (AvgIpc) is 3.38. The van der Waals surface area contributed by atoms with Crippen molar-refractivity contribution in [3.8, 4) is 0 Å². The molecule has 3 heterocycles. The van der Waals surface area contributed by atoms with Gasteiger partial charge in [-0.3, -0.25) is 14.4 Å². The van der Waals surface area contributed by atoms with Crippen molar-refractivity contribution in [3.63, 3.8) is 0 Å². The summed E-state index contributed by atoms with van der Waals surface area (Å²) in [7, 11) is 0. The molecule has 3 aromatic rings. The van der Waals surface area contributed by atoms with Crippen molar-refractivity contribution in [2.45, 2.75) is 26.2 Å². The molecule has 5 nitrogen and oxygen atoms in total. The maximum Gasteiger partial charge on any atom is 0.435 e. The molecular weight excluding hydrogens is 425 g/mol. The summed E-state index contributed by atoms with van der Waals surface area (Å²) in [4.78, 5) is 17.6. The fourth-order valence-corrected chi connectivity index (χ4v) is 4.56. The van der Waals surface area contributed by atoms with Crippen molar-refractivity contribution in [2.75, 3.05) is 26.2 Å². The molecule has 0 unspecified atom stereocenters. The zero-order chi connectivity index (χ0) is 22.0. The number of rotatable bonds is 5. The SMILES string of the molecule is Cc1cccc(CN2CCN(C(=O)c3cc(Cn4ccc(C(F)(F)F)n4)cs3)CC2)c1. The molecule has 1 amide bonds. The summed E-state index contributed by atoms with van der Waals surface area (Å²) in [6.45, 7) is 6.09. The Hall–Kier alpha value is -2.65. The van der Waals surface area contributed by atoms with Crippen molar-refractivity contribution in [3.05, 3.63) is 75.2 Å². The van der Waals surface area contributed by atoms with E-state index in [0.29, 0.717) is 18.0 Å². The zero-order valence-corrected chi connectivity index (χ0v) is 17.9. The average molecular weight is 449 g/mol. The molecule has 1 fully saturated rings. The minimum Gasteiger partial charge on any atom is -0.335 e. The first-order chi connectivity index (χ1) is 14.8. The van der Waals surface area contributed by atoms with Crippen LogP contribution in [0.4, 0.5) is 13.2 Å². The second kappa shape index (κ2) is 8.84. The Morgan fingerprint density at radius 2 is 1.84 bits per heavy atom. The van der Waals surface area contributed by atoms with Crippen LogP contribution in [0.15, 0.2) is 48.0 Å². The second-order valence-corrected chi connectivity index (χ2v) is 8.68. The number of piperazine rings is 1. The molecule has 1 aliphatic heterocycles. The Balaban J connectivity index is 1.31. The van der Waals surface area contributed by atoms with Crippen LogP contribution in [-0.4, -0.2) is 51.7 Å². The molecule has 0 spiro atoms. The maximum atomic E-state index is 12.9. The Bertz CT molecular complexity index is 1050. The summed E-state index contributed by atoms with van der Waals surface area (Å²) >= 11 is 1.32. The number of halogens is 3. The lowest BCUT2D eigenvalue weighted by Gasteiger charge is -2.34. The number of hydrogen-bond acceptors (Lipinski definition) is 4. The van der Waals surface area contributed by atoms with Gasteiger partial charge in [0.2, 0.25) is 0 Å². The molecule has 0 bridgehead atoms. The first-order valence-electron chi connectivity index (χ1n) is 10.0. The third kappa shape index (κ3) is 5.34. The van der Waals surface area contributed by atoms with Gasteiger partial charge in [-0.15, -0.1) is 11.3 Å². The first-order valence-corrected chi connectivity index (χ1v) is 10.9. The number of hydrogen-bond donors (Lipinski definition) is 0. The van der Waals surface area contributed by atoms with Crippen LogP contribution in [0.5, 0.6) is 0 Å². The molecule has 1 aliphatic rings. The number of nitrogens with zero attached hydrogens (tertiary/aromatic N) is 4. The van der Waals surface area contributed by atoms with Crippen LogP contribution in [0.2, 0.25) is 0 Å². The molecule has 164 valence electrons. The summed E-state index contributed by atoms with van der Waals surface area (Å²) in [6, 6.07) is 11.1. The van der Waals surface area contributed by atoms with Crippen LogP contribution in [0, 0.1) is 6.92 Å². The highest BCUT2D eigenvalue weighted by molar-refractivity contribution is 7.12. The van der Waals surface area contributed by atoms with Crippen LogP contribution in [0.25, 0.3) is 0 Å². The van der Waals surface area contributed by atoms with Crippen LogP contribution < -0.4 is 0 Å². The molecule has 0 aliphatic carbocycles. The van der Waals surface area contributed by atoms with Gasteiger partial charge < -0.3 is 4.90 Å². The van der Waals surface area contributed by atoms with E-state index in [1.807, 2.05) is 4.90 Å². The van der Waals surface area contributed by atoms with Crippen molar-refractivity contribution < 1.29 is 18.0 Å². The molecule has 0 radical (unpaired) electrons. The molecule has 2 aromatic heterocycles. The van der Waals surface area contributed by atoms with Gasteiger partial charge in [0, 0.05) is 38.9 Å². The maximum absolute atomic E-state index is 12.9. The molecule has 1 saturated heterocycles. The van der Waals surface area contributed by atoms with Gasteiger partial charge in [0.1, 0.15) is 0 Å². The molecule has 31 heavy (non-hydrogen) atoms. The fraction of sp³-hybridized carbons (Fsp3) is 0.364. The Labute approximate surface area is 182 Å². The van der Waals surface area contributed by atoms with Crippen LogP contribution in [-0.2, 0) is 19.3 Å². The van der Waals surface area contributed by atoms with Crippen molar-refractivity contribution in [1.82, 2.24) is 19.6 Å². The van der Waals surface area contributed by atoms with E-state index in [1.54, 1.807) is 11.4 Å². The van der Waals surface area contributed by atoms with Crippen LogP contribution >= 0.6 is 11.3 Å². The minimum absolute atomic E-state index is 0.0251. The first kappa shape index (κ1) is 21.6. The monoisotopic (exact) mass is 448 g/mol. The summed E-state index contributed by atoms with van der Waals surface area (Å²) in [5.41, 5.74) is 2.37. The lowest BCUT2D eigenvalue weighted by molar-refractivity contribution is -0.141. The van der Waals surface area contributed by atoms with E-state index in [2.05, 4.69) is 41.2 Å². The van der Waals surface area contributed by atoms with Gasteiger partial charge >= 0.3 is 6.18 Å². The Morgan fingerprint density at radius 3 is 2.52 bits per heavy atom. The summed E-state index contributed by atoms with van der Waals surface area (Å²) in [6.07, 6.45) is -3.15. The highest BCUT2D eigenvalue weighted by atomic mass is 32.1.